The number of aromatic nitrogens is 2. The lowest BCUT2D eigenvalue weighted by molar-refractivity contribution is -0.132. The average Bonchev–Trinajstić information content (AvgIpc) is 2.64. The number of hydrogen-bond donors (Lipinski definition) is 1. The maximum Gasteiger partial charge on any atom is 0.224 e. The summed E-state index contributed by atoms with van der Waals surface area (Å²) in [4.78, 5) is 17.5. The number of imidazole rings is 1. The van der Waals surface area contributed by atoms with Gasteiger partial charge in [-0.05, 0) is 0 Å². The molecule has 14 heavy (non-hydrogen) atoms. The Balaban J connectivity index is 2.04. The van der Waals surface area contributed by atoms with Crippen molar-refractivity contribution in [3.63, 3.8) is 0 Å². The Labute approximate surface area is 82.5 Å². The predicted molar refractivity (Wildman–Crippen MR) is 51.3 cm³/mol. The van der Waals surface area contributed by atoms with Crippen LogP contribution in [0.4, 0.5) is 0 Å². The molecule has 76 valence electrons. The molecule has 0 bridgehead atoms. The molecule has 1 amide bonds. The highest BCUT2D eigenvalue weighted by Gasteiger charge is 2.19. The van der Waals surface area contributed by atoms with Crippen molar-refractivity contribution < 1.29 is 4.79 Å². The summed E-state index contributed by atoms with van der Waals surface area (Å²) in [7, 11) is 0. The zero-order valence-corrected chi connectivity index (χ0v) is 8.02. The summed E-state index contributed by atoms with van der Waals surface area (Å²) in [5.41, 5.74) is 5.34. The fourth-order valence-corrected chi connectivity index (χ4v) is 1.67. The van der Waals surface area contributed by atoms with Gasteiger partial charge in [0.1, 0.15) is 5.82 Å². The second-order valence-corrected chi connectivity index (χ2v) is 3.39. The van der Waals surface area contributed by atoms with Gasteiger partial charge in [-0.1, -0.05) is 0 Å². The monoisotopic (exact) mass is 194 g/mol. The van der Waals surface area contributed by atoms with Crippen LogP contribution in [0.15, 0.2) is 12.4 Å². The molecule has 2 N–H and O–H groups in total. The van der Waals surface area contributed by atoms with Crippen molar-refractivity contribution in [2.45, 2.75) is 19.5 Å². The lowest BCUT2D eigenvalue weighted by Gasteiger charge is -2.27. The molecule has 5 heteroatoms. The summed E-state index contributed by atoms with van der Waals surface area (Å²) in [5.74, 6) is 1.09. The third-order valence-corrected chi connectivity index (χ3v) is 2.46. The molecule has 2 rings (SSSR count). The molecule has 1 aliphatic rings. The van der Waals surface area contributed by atoms with Gasteiger partial charge in [-0.3, -0.25) is 4.79 Å². The Bertz CT molecular complexity index is 333. The molecular weight excluding hydrogens is 180 g/mol. The van der Waals surface area contributed by atoms with Gasteiger partial charge >= 0.3 is 0 Å². The van der Waals surface area contributed by atoms with E-state index < -0.39 is 0 Å². The van der Waals surface area contributed by atoms with Gasteiger partial charge in [0.2, 0.25) is 5.91 Å². The molecule has 0 fully saturated rings. The van der Waals surface area contributed by atoms with E-state index in [2.05, 4.69) is 9.55 Å². The van der Waals surface area contributed by atoms with Gasteiger partial charge in [0.05, 0.1) is 6.54 Å². The van der Waals surface area contributed by atoms with E-state index >= 15 is 0 Å². The first-order valence-corrected chi connectivity index (χ1v) is 4.79. The maximum absolute atomic E-state index is 11.5. The summed E-state index contributed by atoms with van der Waals surface area (Å²) >= 11 is 0. The minimum absolute atomic E-state index is 0.127. The van der Waals surface area contributed by atoms with Crippen LogP contribution in [0.25, 0.3) is 0 Å². The quantitative estimate of drug-likeness (QED) is 0.695. The average molecular weight is 194 g/mol. The Morgan fingerprint density at radius 3 is 3.21 bits per heavy atom. The molecule has 0 aliphatic carbocycles. The zero-order valence-electron chi connectivity index (χ0n) is 8.02. The third kappa shape index (κ3) is 1.63. The molecule has 0 radical (unpaired) electrons. The highest BCUT2D eigenvalue weighted by Crippen LogP contribution is 2.10. The van der Waals surface area contributed by atoms with Gasteiger partial charge < -0.3 is 15.2 Å². The van der Waals surface area contributed by atoms with Gasteiger partial charge in [-0.25, -0.2) is 4.98 Å². The molecule has 0 aromatic carbocycles. The van der Waals surface area contributed by atoms with Gasteiger partial charge in [-0.15, -0.1) is 0 Å². The van der Waals surface area contributed by atoms with Crippen LogP contribution in [-0.2, 0) is 17.9 Å². The minimum Gasteiger partial charge on any atom is -0.333 e. The van der Waals surface area contributed by atoms with Crippen LogP contribution in [0.1, 0.15) is 12.2 Å². The fourth-order valence-electron chi connectivity index (χ4n) is 1.67. The van der Waals surface area contributed by atoms with Crippen molar-refractivity contribution in [1.82, 2.24) is 14.5 Å². The second kappa shape index (κ2) is 3.79. The van der Waals surface area contributed by atoms with Gasteiger partial charge in [0.25, 0.3) is 0 Å². The first-order valence-electron chi connectivity index (χ1n) is 4.79. The number of carbonyl (C=O) groups excluding carboxylic acids is 1. The Morgan fingerprint density at radius 2 is 2.43 bits per heavy atom. The molecule has 0 saturated carbocycles. The standard InChI is InChI=1S/C9H14N4O/c10-2-1-9(14)13-6-5-12-4-3-11-8(12)7-13/h3-4H,1-2,5-7,10H2. The zero-order chi connectivity index (χ0) is 9.97. The number of nitrogens with two attached hydrogens (primary N) is 1. The van der Waals surface area contributed by atoms with Crippen LogP contribution in [0.5, 0.6) is 0 Å². The molecule has 1 aromatic heterocycles. The van der Waals surface area contributed by atoms with E-state index in [1.54, 1.807) is 6.20 Å². The molecule has 1 aromatic rings. The highest BCUT2D eigenvalue weighted by atomic mass is 16.2. The SMILES string of the molecule is NCCC(=O)N1CCn2ccnc2C1. The topological polar surface area (TPSA) is 64.2 Å². The summed E-state index contributed by atoms with van der Waals surface area (Å²) < 4.78 is 2.08. The van der Waals surface area contributed by atoms with Crippen molar-refractivity contribution in [2.24, 2.45) is 5.73 Å². The lowest BCUT2D eigenvalue weighted by Crippen LogP contribution is -2.38. The molecule has 0 atom stereocenters. The van der Waals surface area contributed by atoms with Gasteiger partial charge in [-0.2, -0.15) is 0 Å². The maximum atomic E-state index is 11.5. The first kappa shape index (κ1) is 9.21. The fraction of sp³-hybridized carbons (Fsp3) is 0.556. The summed E-state index contributed by atoms with van der Waals surface area (Å²) in [6, 6.07) is 0. The normalized spacial score (nSPS) is 15.4. The van der Waals surface area contributed by atoms with Crippen LogP contribution < -0.4 is 5.73 Å². The van der Waals surface area contributed by atoms with Crippen molar-refractivity contribution in [2.75, 3.05) is 13.1 Å². The molecule has 1 aliphatic heterocycles. The van der Waals surface area contributed by atoms with E-state index in [4.69, 9.17) is 5.73 Å². The van der Waals surface area contributed by atoms with Crippen LogP contribution in [0.3, 0.4) is 0 Å². The van der Waals surface area contributed by atoms with Crippen LogP contribution >= 0.6 is 0 Å². The highest BCUT2D eigenvalue weighted by molar-refractivity contribution is 5.76. The smallest absolute Gasteiger partial charge is 0.224 e. The van der Waals surface area contributed by atoms with E-state index in [9.17, 15) is 4.79 Å². The van der Waals surface area contributed by atoms with E-state index in [0.717, 1.165) is 18.9 Å². The van der Waals surface area contributed by atoms with Crippen molar-refractivity contribution >= 4 is 5.91 Å². The summed E-state index contributed by atoms with van der Waals surface area (Å²) in [6.07, 6.45) is 4.15. The van der Waals surface area contributed by atoms with Gasteiger partial charge in [0.15, 0.2) is 0 Å². The van der Waals surface area contributed by atoms with E-state index in [1.807, 2.05) is 11.1 Å². The van der Waals surface area contributed by atoms with Crippen LogP contribution in [0, 0.1) is 0 Å². The van der Waals surface area contributed by atoms with Crippen LogP contribution in [0.2, 0.25) is 0 Å². The molecule has 5 nitrogen and oxygen atoms in total. The summed E-state index contributed by atoms with van der Waals surface area (Å²) in [6.45, 7) is 2.64. The molecule has 0 saturated heterocycles. The Kier molecular flexibility index (Phi) is 2.49. The lowest BCUT2D eigenvalue weighted by atomic mass is 10.3. The van der Waals surface area contributed by atoms with Crippen molar-refractivity contribution in [3.05, 3.63) is 18.2 Å². The number of amides is 1. The first-order chi connectivity index (χ1) is 6.81. The molecule has 0 unspecified atom stereocenters. The number of nitrogens with zero attached hydrogens (tertiary/aromatic N) is 3. The van der Waals surface area contributed by atoms with Crippen LogP contribution in [-0.4, -0.2) is 33.4 Å². The number of hydrogen-bond acceptors (Lipinski definition) is 3. The largest absolute Gasteiger partial charge is 0.333 e. The minimum atomic E-state index is 0.127. The second-order valence-electron chi connectivity index (χ2n) is 3.39. The molecular formula is C9H14N4O. The van der Waals surface area contributed by atoms with E-state index in [-0.39, 0.29) is 5.91 Å². The number of fused-ring (bicyclic) bond motifs is 1. The predicted octanol–water partition coefficient (Wildman–Crippen LogP) is -0.426. The van der Waals surface area contributed by atoms with Crippen molar-refractivity contribution in [3.8, 4) is 0 Å². The van der Waals surface area contributed by atoms with E-state index in [1.165, 1.54) is 0 Å². The Morgan fingerprint density at radius 1 is 1.57 bits per heavy atom. The molecule has 2 heterocycles. The number of carbonyl (C=O) groups is 1. The van der Waals surface area contributed by atoms with Crippen molar-refractivity contribution in [1.29, 1.82) is 0 Å². The third-order valence-electron chi connectivity index (χ3n) is 2.46. The number of rotatable bonds is 2. The van der Waals surface area contributed by atoms with Gasteiger partial charge in [0, 0.05) is 38.4 Å². The molecule has 0 spiro atoms. The Hall–Kier alpha value is -1.36. The summed E-state index contributed by atoms with van der Waals surface area (Å²) in [5, 5.41) is 0. The van der Waals surface area contributed by atoms with E-state index in [0.29, 0.717) is 19.5 Å².